The van der Waals surface area contributed by atoms with E-state index in [0.29, 0.717) is 12.1 Å². The Bertz CT molecular complexity index is 314. The van der Waals surface area contributed by atoms with E-state index in [4.69, 9.17) is 0 Å². The first-order valence-corrected chi connectivity index (χ1v) is 8.03. The van der Waals surface area contributed by atoms with E-state index in [0.717, 1.165) is 13.0 Å². The molecule has 2 fully saturated rings. The van der Waals surface area contributed by atoms with Crippen molar-refractivity contribution in [1.82, 2.24) is 10.6 Å². The van der Waals surface area contributed by atoms with E-state index in [9.17, 15) is 4.79 Å². The van der Waals surface area contributed by atoms with E-state index < -0.39 is 0 Å². The summed E-state index contributed by atoms with van der Waals surface area (Å²) >= 11 is 0. The second kappa shape index (κ2) is 6.25. The lowest BCUT2D eigenvalue weighted by Gasteiger charge is -2.38. The molecule has 1 aliphatic heterocycles. The van der Waals surface area contributed by atoms with Gasteiger partial charge < -0.3 is 10.6 Å². The van der Waals surface area contributed by atoms with Crippen molar-refractivity contribution in [2.45, 2.75) is 77.8 Å². The minimum atomic E-state index is 0.176. The molecule has 2 N–H and O–H groups in total. The van der Waals surface area contributed by atoms with Crippen LogP contribution in [-0.2, 0) is 4.79 Å². The van der Waals surface area contributed by atoms with Crippen LogP contribution in [0.2, 0.25) is 0 Å². The maximum absolute atomic E-state index is 12.4. The molecule has 0 bridgehead atoms. The first-order valence-electron chi connectivity index (χ1n) is 8.03. The van der Waals surface area contributed by atoms with Crippen LogP contribution in [0.3, 0.4) is 0 Å². The predicted octanol–water partition coefficient (Wildman–Crippen LogP) is 2.85. The molecule has 0 aromatic carbocycles. The van der Waals surface area contributed by atoms with Crippen molar-refractivity contribution in [2.75, 3.05) is 6.54 Å². The van der Waals surface area contributed by atoms with Gasteiger partial charge in [0.15, 0.2) is 0 Å². The summed E-state index contributed by atoms with van der Waals surface area (Å²) in [4.78, 5) is 12.4. The average molecular weight is 266 g/mol. The van der Waals surface area contributed by atoms with Crippen LogP contribution < -0.4 is 10.6 Å². The molecule has 1 amide bonds. The quantitative estimate of drug-likeness (QED) is 0.824. The van der Waals surface area contributed by atoms with E-state index >= 15 is 0 Å². The highest BCUT2D eigenvalue weighted by Crippen LogP contribution is 2.40. The van der Waals surface area contributed by atoms with Crippen molar-refractivity contribution in [3.8, 4) is 0 Å². The maximum Gasteiger partial charge on any atom is 0.223 e. The molecule has 0 aromatic rings. The van der Waals surface area contributed by atoms with Crippen molar-refractivity contribution in [2.24, 2.45) is 11.3 Å². The smallest absolute Gasteiger partial charge is 0.223 e. The number of rotatable bonds is 3. The van der Waals surface area contributed by atoms with Crippen molar-refractivity contribution in [1.29, 1.82) is 0 Å². The Morgan fingerprint density at radius 2 is 2.00 bits per heavy atom. The molecule has 3 nitrogen and oxygen atoms in total. The van der Waals surface area contributed by atoms with Gasteiger partial charge in [-0.3, -0.25) is 4.79 Å². The number of nitrogens with one attached hydrogen (secondary N) is 2. The van der Waals surface area contributed by atoms with Crippen LogP contribution in [0.4, 0.5) is 0 Å². The van der Waals surface area contributed by atoms with E-state index in [-0.39, 0.29) is 17.2 Å². The van der Waals surface area contributed by atoms with Gasteiger partial charge in [-0.15, -0.1) is 0 Å². The normalized spacial score (nSPS) is 34.8. The van der Waals surface area contributed by atoms with Gasteiger partial charge in [0.05, 0.1) is 0 Å². The Morgan fingerprint density at radius 3 is 2.68 bits per heavy atom. The Balaban J connectivity index is 1.80. The third-order valence-electron chi connectivity index (χ3n) is 5.06. The summed E-state index contributed by atoms with van der Waals surface area (Å²) in [7, 11) is 0. The van der Waals surface area contributed by atoms with Gasteiger partial charge in [-0.25, -0.2) is 0 Å². The predicted molar refractivity (Wildman–Crippen MR) is 79.0 cm³/mol. The molecule has 3 heteroatoms. The summed E-state index contributed by atoms with van der Waals surface area (Å²) in [5, 5.41) is 6.78. The lowest BCUT2D eigenvalue weighted by molar-refractivity contribution is -0.130. The van der Waals surface area contributed by atoms with Crippen LogP contribution in [0.15, 0.2) is 0 Å². The number of carbonyl (C=O) groups is 1. The van der Waals surface area contributed by atoms with Crippen LogP contribution in [0.1, 0.15) is 65.7 Å². The zero-order chi connectivity index (χ0) is 13.9. The van der Waals surface area contributed by atoms with Gasteiger partial charge in [-0.2, -0.15) is 0 Å². The summed E-state index contributed by atoms with van der Waals surface area (Å²) in [6.45, 7) is 7.53. The summed E-state index contributed by atoms with van der Waals surface area (Å²) < 4.78 is 0. The van der Waals surface area contributed by atoms with Crippen LogP contribution in [0, 0.1) is 11.3 Å². The minimum Gasteiger partial charge on any atom is -0.354 e. The topological polar surface area (TPSA) is 41.1 Å². The molecule has 0 spiro atoms. The zero-order valence-corrected chi connectivity index (χ0v) is 12.8. The second-order valence-electron chi connectivity index (χ2n) is 7.23. The van der Waals surface area contributed by atoms with Crippen LogP contribution in [0.5, 0.6) is 0 Å². The molecule has 2 rings (SSSR count). The van der Waals surface area contributed by atoms with Gasteiger partial charge in [0.1, 0.15) is 0 Å². The van der Waals surface area contributed by atoms with E-state index in [2.05, 4.69) is 31.4 Å². The highest BCUT2D eigenvalue weighted by Gasteiger charge is 2.37. The van der Waals surface area contributed by atoms with E-state index in [1.54, 1.807) is 0 Å². The SMILES string of the molecule is CC1CCCC(CNC(=O)C2CCCCC2(C)C)N1. The molecule has 3 atom stereocenters. The molecule has 1 heterocycles. The van der Waals surface area contributed by atoms with Crippen molar-refractivity contribution < 1.29 is 4.79 Å². The monoisotopic (exact) mass is 266 g/mol. The van der Waals surface area contributed by atoms with E-state index in [1.165, 1.54) is 38.5 Å². The average Bonchev–Trinajstić information content (AvgIpc) is 2.35. The molecule has 1 saturated carbocycles. The first kappa shape index (κ1) is 14.8. The number of hydrogen-bond acceptors (Lipinski definition) is 2. The highest BCUT2D eigenvalue weighted by molar-refractivity contribution is 5.79. The first-order chi connectivity index (χ1) is 8.99. The third-order valence-corrected chi connectivity index (χ3v) is 5.06. The zero-order valence-electron chi connectivity index (χ0n) is 12.8. The second-order valence-corrected chi connectivity index (χ2v) is 7.23. The highest BCUT2D eigenvalue weighted by atomic mass is 16.1. The van der Waals surface area contributed by atoms with Gasteiger partial charge in [-0.05, 0) is 38.0 Å². The molecule has 1 saturated heterocycles. The van der Waals surface area contributed by atoms with Gasteiger partial charge in [0.2, 0.25) is 5.91 Å². The summed E-state index contributed by atoms with van der Waals surface area (Å²) in [6, 6.07) is 1.07. The molecular formula is C16H30N2O. The molecule has 0 radical (unpaired) electrons. The lowest BCUT2D eigenvalue weighted by Crippen LogP contribution is -2.49. The van der Waals surface area contributed by atoms with Crippen molar-refractivity contribution in [3.63, 3.8) is 0 Å². The van der Waals surface area contributed by atoms with Crippen LogP contribution in [-0.4, -0.2) is 24.5 Å². The van der Waals surface area contributed by atoms with Crippen LogP contribution in [0.25, 0.3) is 0 Å². The molecular weight excluding hydrogens is 236 g/mol. The van der Waals surface area contributed by atoms with Gasteiger partial charge >= 0.3 is 0 Å². The number of piperidine rings is 1. The Labute approximate surface area is 117 Å². The summed E-state index contributed by atoms with van der Waals surface area (Å²) in [5.41, 5.74) is 0.176. The maximum atomic E-state index is 12.4. The summed E-state index contributed by atoms with van der Waals surface area (Å²) in [5.74, 6) is 0.493. The molecule has 2 aliphatic rings. The lowest BCUT2D eigenvalue weighted by atomic mass is 9.68. The molecule has 3 unspecified atom stereocenters. The number of amides is 1. The van der Waals surface area contributed by atoms with Crippen LogP contribution >= 0.6 is 0 Å². The van der Waals surface area contributed by atoms with Crippen molar-refractivity contribution in [3.05, 3.63) is 0 Å². The Morgan fingerprint density at radius 1 is 1.21 bits per heavy atom. The fraction of sp³-hybridized carbons (Fsp3) is 0.938. The summed E-state index contributed by atoms with van der Waals surface area (Å²) in [6.07, 6.45) is 8.47. The third kappa shape index (κ3) is 3.95. The Kier molecular flexibility index (Phi) is 4.88. The van der Waals surface area contributed by atoms with Gasteiger partial charge in [0, 0.05) is 24.5 Å². The number of carbonyl (C=O) groups excluding carboxylic acids is 1. The molecule has 0 aromatic heterocycles. The Hall–Kier alpha value is -0.570. The fourth-order valence-electron chi connectivity index (χ4n) is 3.73. The largest absolute Gasteiger partial charge is 0.354 e. The van der Waals surface area contributed by atoms with Gasteiger partial charge in [0.25, 0.3) is 0 Å². The van der Waals surface area contributed by atoms with E-state index in [1.807, 2.05) is 0 Å². The van der Waals surface area contributed by atoms with Crippen molar-refractivity contribution >= 4 is 5.91 Å². The molecule has 110 valence electrons. The van der Waals surface area contributed by atoms with Gasteiger partial charge in [-0.1, -0.05) is 33.1 Å². The fourth-order valence-corrected chi connectivity index (χ4v) is 3.73. The molecule has 1 aliphatic carbocycles. The standard InChI is InChI=1S/C16H30N2O/c1-12-7-6-8-13(18-12)11-17-15(19)14-9-4-5-10-16(14,2)3/h12-14,18H,4-11H2,1-3H3,(H,17,19). The minimum absolute atomic E-state index is 0.176. The number of hydrogen-bond donors (Lipinski definition) is 2. The molecule has 19 heavy (non-hydrogen) atoms.